The van der Waals surface area contributed by atoms with Crippen LogP contribution in [0.2, 0.25) is 0 Å². The van der Waals surface area contributed by atoms with Crippen LogP contribution < -0.4 is 5.73 Å². The van der Waals surface area contributed by atoms with Gasteiger partial charge >= 0.3 is 0 Å². The van der Waals surface area contributed by atoms with Crippen LogP contribution >= 0.6 is 23.5 Å². The van der Waals surface area contributed by atoms with E-state index in [0.717, 1.165) is 4.24 Å². The Bertz CT molecular complexity index is 521. The minimum Gasteiger partial charge on any atom is -0.393 e. The number of allylic oxidation sites excluding steroid dienone is 1. The predicted octanol–water partition coefficient (Wildman–Crippen LogP) is 2.97. The van der Waals surface area contributed by atoms with Crippen LogP contribution in [0.15, 0.2) is 51.8 Å². The molecule has 0 aliphatic carbocycles. The van der Waals surface area contributed by atoms with Gasteiger partial charge in [0.1, 0.15) is 0 Å². The molecule has 0 aromatic heterocycles. The Morgan fingerprint density at radius 1 is 1.24 bits per heavy atom. The third-order valence-electron chi connectivity index (χ3n) is 2.01. The molecule has 1 aromatic carbocycles. The highest BCUT2D eigenvalue weighted by atomic mass is 32.2. The number of nitrogens with one attached hydrogen (secondary N) is 1. The molecule has 1 aliphatic rings. The largest absolute Gasteiger partial charge is 0.393 e. The average Bonchev–Trinajstić information content (AvgIpc) is 2.28. The van der Waals surface area contributed by atoms with Gasteiger partial charge in [0.15, 0.2) is 5.78 Å². The predicted molar refractivity (Wildman–Crippen MR) is 74.0 cm³/mol. The van der Waals surface area contributed by atoms with Crippen molar-refractivity contribution in [2.45, 2.75) is 0 Å². The Morgan fingerprint density at radius 3 is 2.59 bits per heavy atom. The maximum absolute atomic E-state index is 11.9. The summed E-state index contributed by atoms with van der Waals surface area (Å²) in [7, 11) is 0. The molecule has 0 bridgehead atoms. The normalized spacial score (nSPS) is 18.0. The monoisotopic (exact) mass is 262 g/mol. The van der Waals surface area contributed by atoms with Crippen molar-refractivity contribution in [2.75, 3.05) is 0 Å². The topological polar surface area (TPSA) is 66.9 Å². The van der Waals surface area contributed by atoms with E-state index >= 15 is 0 Å². The number of thioether (sulfide) groups is 2. The van der Waals surface area contributed by atoms with Gasteiger partial charge in [0, 0.05) is 11.6 Å². The molecule has 0 saturated carbocycles. The zero-order chi connectivity index (χ0) is 12.3. The lowest BCUT2D eigenvalue weighted by Gasteiger charge is -2.11. The standard InChI is InChI=1S/C12H10N2OS2/c13-10-7-11(14)17-12(16-10)6-9(15)8-4-2-1-3-5-8/h1-7,13H,14H2/b12-6-,13-10?. The molecule has 0 radical (unpaired) electrons. The SMILES string of the molecule is N=C1C=C(N)S/C(=C\C(=O)c2ccccc2)S1. The number of hydrogen-bond acceptors (Lipinski definition) is 5. The first-order valence-electron chi connectivity index (χ1n) is 4.87. The lowest BCUT2D eigenvalue weighted by atomic mass is 10.1. The Hall–Kier alpha value is -1.46. The van der Waals surface area contributed by atoms with Gasteiger partial charge in [0.05, 0.1) is 14.3 Å². The molecule has 17 heavy (non-hydrogen) atoms. The number of carbonyl (C=O) groups is 1. The van der Waals surface area contributed by atoms with Crippen LogP contribution in [-0.4, -0.2) is 10.8 Å². The first-order valence-corrected chi connectivity index (χ1v) is 6.51. The highest BCUT2D eigenvalue weighted by Gasteiger charge is 2.13. The first kappa shape index (κ1) is 12.0. The zero-order valence-corrected chi connectivity index (χ0v) is 10.5. The summed E-state index contributed by atoms with van der Waals surface area (Å²) in [5, 5.41) is 8.44. The van der Waals surface area contributed by atoms with Crippen molar-refractivity contribution in [3.63, 3.8) is 0 Å². The van der Waals surface area contributed by atoms with E-state index < -0.39 is 0 Å². The van der Waals surface area contributed by atoms with Gasteiger partial charge in [0.25, 0.3) is 0 Å². The molecule has 0 amide bonds. The fourth-order valence-corrected chi connectivity index (χ4v) is 3.23. The minimum absolute atomic E-state index is 0.0666. The Balaban J connectivity index is 2.18. The minimum atomic E-state index is -0.0666. The third kappa shape index (κ3) is 3.25. The summed E-state index contributed by atoms with van der Waals surface area (Å²) in [5.74, 6) is -0.0666. The van der Waals surface area contributed by atoms with Crippen LogP contribution in [0.3, 0.4) is 0 Å². The van der Waals surface area contributed by atoms with Gasteiger partial charge in [-0.1, -0.05) is 53.9 Å². The van der Waals surface area contributed by atoms with Gasteiger partial charge in [-0.25, -0.2) is 0 Å². The van der Waals surface area contributed by atoms with Crippen LogP contribution in [0, 0.1) is 5.41 Å². The second kappa shape index (κ2) is 5.25. The summed E-state index contributed by atoms with van der Waals surface area (Å²) >= 11 is 2.56. The van der Waals surface area contributed by atoms with Crippen molar-refractivity contribution >= 4 is 34.4 Å². The summed E-state index contributed by atoms with van der Waals surface area (Å²) in [6.07, 6.45) is 3.11. The lowest BCUT2D eigenvalue weighted by molar-refractivity contribution is 0.104. The second-order valence-electron chi connectivity index (χ2n) is 3.31. The van der Waals surface area contributed by atoms with E-state index in [-0.39, 0.29) is 5.78 Å². The molecule has 0 fully saturated rings. The molecule has 0 unspecified atom stereocenters. The Kier molecular flexibility index (Phi) is 3.71. The van der Waals surface area contributed by atoms with E-state index in [2.05, 4.69) is 0 Å². The van der Waals surface area contributed by atoms with Gasteiger partial charge in [-0.05, 0) is 6.08 Å². The van der Waals surface area contributed by atoms with Crippen LogP contribution in [0.1, 0.15) is 10.4 Å². The summed E-state index contributed by atoms with van der Waals surface area (Å²) in [6.45, 7) is 0. The van der Waals surface area contributed by atoms with Crippen LogP contribution in [0.4, 0.5) is 0 Å². The number of nitrogens with two attached hydrogens (primary N) is 1. The van der Waals surface area contributed by atoms with E-state index in [9.17, 15) is 4.79 Å². The number of hydrogen-bond donors (Lipinski definition) is 2. The van der Waals surface area contributed by atoms with E-state index in [1.54, 1.807) is 18.2 Å². The van der Waals surface area contributed by atoms with Gasteiger partial charge in [-0.15, -0.1) is 0 Å². The number of carbonyl (C=O) groups excluding carboxylic acids is 1. The van der Waals surface area contributed by atoms with E-state index in [1.165, 1.54) is 29.6 Å². The van der Waals surface area contributed by atoms with Crippen molar-refractivity contribution < 1.29 is 4.79 Å². The number of rotatable bonds is 2. The summed E-state index contributed by atoms with van der Waals surface area (Å²) < 4.78 is 0.740. The average molecular weight is 262 g/mol. The Labute approximate surface area is 108 Å². The molecule has 1 aromatic rings. The highest BCUT2D eigenvalue weighted by Crippen LogP contribution is 2.37. The van der Waals surface area contributed by atoms with E-state index in [1.807, 2.05) is 18.2 Å². The second-order valence-corrected chi connectivity index (χ2v) is 5.77. The fourth-order valence-electron chi connectivity index (χ4n) is 1.29. The number of benzene rings is 1. The van der Waals surface area contributed by atoms with Crippen molar-refractivity contribution in [2.24, 2.45) is 5.73 Å². The van der Waals surface area contributed by atoms with E-state index in [0.29, 0.717) is 15.6 Å². The van der Waals surface area contributed by atoms with Gasteiger partial charge in [0.2, 0.25) is 0 Å². The molecule has 1 aliphatic heterocycles. The number of ketones is 1. The van der Waals surface area contributed by atoms with Crippen LogP contribution in [0.25, 0.3) is 0 Å². The molecule has 3 N–H and O–H groups in total. The first-order chi connectivity index (χ1) is 8.15. The molecular formula is C12H10N2OS2. The van der Waals surface area contributed by atoms with Crippen molar-refractivity contribution in [3.8, 4) is 0 Å². The maximum Gasteiger partial charge on any atom is 0.187 e. The molecule has 2 rings (SSSR count). The molecule has 0 atom stereocenters. The van der Waals surface area contributed by atoms with Crippen LogP contribution in [0.5, 0.6) is 0 Å². The quantitative estimate of drug-likeness (QED) is 0.635. The summed E-state index contributed by atoms with van der Waals surface area (Å²) in [6, 6.07) is 9.04. The van der Waals surface area contributed by atoms with E-state index in [4.69, 9.17) is 11.1 Å². The van der Waals surface area contributed by atoms with Crippen molar-refractivity contribution in [3.05, 3.63) is 57.3 Å². The molecular weight excluding hydrogens is 252 g/mol. The van der Waals surface area contributed by atoms with Gasteiger partial charge in [-0.2, -0.15) is 0 Å². The molecule has 5 heteroatoms. The molecule has 86 valence electrons. The van der Waals surface area contributed by atoms with Crippen molar-refractivity contribution in [1.82, 2.24) is 0 Å². The lowest BCUT2D eigenvalue weighted by Crippen LogP contribution is -2.03. The molecule has 0 spiro atoms. The van der Waals surface area contributed by atoms with Gasteiger partial charge in [-0.3, -0.25) is 10.2 Å². The molecule has 1 heterocycles. The van der Waals surface area contributed by atoms with Crippen LogP contribution in [-0.2, 0) is 0 Å². The third-order valence-corrected chi connectivity index (χ3v) is 3.84. The maximum atomic E-state index is 11.9. The fraction of sp³-hybridized carbons (Fsp3) is 0. The highest BCUT2D eigenvalue weighted by molar-refractivity contribution is 8.31. The van der Waals surface area contributed by atoms with Crippen molar-refractivity contribution in [1.29, 1.82) is 5.41 Å². The molecule has 0 saturated heterocycles. The van der Waals surface area contributed by atoms with Gasteiger partial charge < -0.3 is 5.73 Å². The zero-order valence-electron chi connectivity index (χ0n) is 8.84. The summed E-state index contributed by atoms with van der Waals surface area (Å²) in [4.78, 5) is 11.9. The smallest absolute Gasteiger partial charge is 0.187 e. The molecule has 3 nitrogen and oxygen atoms in total. The summed E-state index contributed by atoms with van der Waals surface area (Å²) in [5.41, 5.74) is 6.29. The Morgan fingerprint density at radius 2 is 1.94 bits per heavy atom.